The zero-order valence-corrected chi connectivity index (χ0v) is 17.7. The van der Waals surface area contributed by atoms with Gasteiger partial charge < -0.3 is 14.0 Å². The molecule has 1 amide bonds. The summed E-state index contributed by atoms with van der Waals surface area (Å²) < 4.78 is 12.8. The second-order valence-corrected chi connectivity index (χ2v) is 8.22. The summed E-state index contributed by atoms with van der Waals surface area (Å²) in [5.74, 6) is 0.247. The van der Waals surface area contributed by atoms with Crippen LogP contribution in [0.15, 0.2) is 23.2 Å². The van der Waals surface area contributed by atoms with Crippen molar-refractivity contribution < 1.29 is 19.1 Å². The number of carbonyl (C=O) groups is 2. The van der Waals surface area contributed by atoms with Gasteiger partial charge in [0.25, 0.3) is 5.91 Å². The molecule has 1 atom stereocenters. The summed E-state index contributed by atoms with van der Waals surface area (Å²) in [6, 6.07) is 4.83. The van der Waals surface area contributed by atoms with Gasteiger partial charge in [0.05, 0.1) is 24.2 Å². The first-order chi connectivity index (χ1) is 13.4. The molecule has 1 fully saturated rings. The molecule has 1 aliphatic rings. The number of aromatic nitrogens is 1. The van der Waals surface area contributed by atoms with Crippen molar-refractivity contribution in [2.24, 2.45) is 10.9 Å². The third-order valence-electron chi connectivity index (χ3n) is 4.76. The molecule has 2 aromatic rings. The smallest absolute Gasteiger partial charge is 0.283 e. The Balaban J connectivity index is 2.04. The van der Waals surface area contributed by atoms with Crippen molar-refractivity contribution in [3.63, 3.8) is 0 Å². The van der Waals surface area contributed by atoms with Gasteiger partial charge in [-0.05, 0) is 38.0 Å². The Labute approximate surface area is 172 Å². The third-order valence-corrected chi connectivity index (χ3v) is 6.28. The zero-order valence-electron chi connectivity index (χ0n) is 16.2. The minimum atomic E-state index is -0.454. The molecule has 28 heavy (non-hydrogen) atoms. The fourth-order valence-corrected chi connectivity index (χ4v) is 4.52. The van der Waals surface area contributed by atoms with Crippen molar-refractivity contribution >= 4 is 34.6 Å². The molecule has 1 aromatic heterocycles. The van der Waals surface area contributed by atoms with Crippen LogP contribution < -0.4 is 9.54 Å². The van der Waals surface area contributed by atoms with Gasteiger partial charge in [-0.1, -0.05) is 22.9 Å². The van der Waals surface area contributed by atoms with Crippen LogP contribution in [0.1, 0.15) is 45.5 Å². The quantitative estimate of drug-likeness (QED) is 0.685. The number of benzene rings is 1. The second-order valence-electron chi connectivity index (χ2n) is 6.81. The predicted octanol–water partition coefficient (Wildman–Crippen LogP) is 3.89. The van der Waals surface area contributed by atoms with E-state index >= 15 is 0 Å². The number of ether oxygens (including phenoxy) is 2. The van der Waals surface area contributed by atoms with Crippen molar-refractivity contribution in [1.29, 1.82) is 0 Å². The minimum absolute atomic E-state index is 0.0367. The molecule has 0 N–H and O–H groups in total. The number of rotatable bonds is 5. The molecule has 1 unspecified atom stereocenters. The Morgan fingerprint density at radius 2 is 2.21 bits per heavy atom. The van der Waals surface area contributed by atoms with E-state index in [2.05, 4.69) is 4.99 Å². The lowest BCUT2D eigenvalue weighted by molar-refractivity contribution is 0.0478. The van der Waals surface area contributed by atoms with Crippen molar-refractivity contribution in [3.05, 3.63) is 44.2 Å². The van der Waals surface area contributed by atoms with E-state index in [1.165, 1.54) is 31.4 Å². The zero-order chi connectivity index (χ0) is 20.3. The van der Waals surface area contributed by atoms with Crippen LogP contribution in [0.4, 0.5) is 0 Å². The number of halogens is 1. The lowest BCUT2D eigenvalue weighted by atomic mass is 10.0. The maximum atomic E-state index is 12.9. The largest absolute Gasteiger partial charge is 0.496 e. The third kappa shape index (κ3) is 4.54. The number of carbonyl (C=O) groups excluding carboxylic acids is 2. The van der Waals surface area contributed by atoms with Crippen LogP contribution in [-0.4, -0.2) is 36.6 Å². The van der Waals surface area contributed by atoms with E-state index in [0.717, 1.165) is 25.1 Å². The molecule has 6 nitrogen and oxygen atoms in total. The number of methoxy groups -OCH3 is 1. The second kappa shape index (κ2) is 9.03. The number of nitrogens with zero attached hydrogens (tertiary/aromatic N) is 2. The Kier molecular flexibility index (Phi) is 6.69. The summed E-state index contributed by atoms with van der Waals surface area (Å²) in [6.07, 6.45) is 2.06. The number of ketones is 1. The van der Waals surface area contributed by atoms with Gasteiger partial charge in [0.15, 0.2) is 10.6 Å². The molecule has 0 bridgehead atoms. The van der Waals surface area contributed by atoms with Crippen LogP contribution in [-0.2, 0) is 11.3 Å². The van der Waals surface area contributed by atoms with E-state index in [0.29, 0.717) is 39.5 Å². The van der Waals surface area contributed by atoms with Crippen LogP contribution in [0.2, 0.25) is 5.02 Å². The van der Waals surface area contributed by atoms with E-state index in [1.807, 2.05) is 11.5 Å². The maximum absolute atomic E-state index is 12.9. The molecule has 150 valence electrons. The normalized spacial score (nSPS) is 17.6. The van der Waals surface area contributed by atoms with Gasteiger partial charge >= 0.3 is 0 Å². The number of hydrogen-bond acceptors (Lipinski definition) is 5. The van der Waals surface area contributed by atoms with Gasteiger partial charge in [0.1, 0.15) is 5.75 Å². The van der Waals surface area contributed by atoms with E-state index in [1.54, 1.807) is 12.1 Å². The van der Waals surface area contributed by atoms with Crippen LogP contribution >= 0.6 is 22.9 Å². The van der Waals surface area contributed by atoms with Crippen LogP contribution in [0.25, 0.3) is 0 Å². The molecule has 0 radical (unpaired) electrons. The van der Waals surface area contributed by atoms with Crippen LogP contribution in [0.5, 0.6) is 5.75 Å². The number of amides is 1. The molecule has 0 saturated carbocycles. The highest BCUT2D eigenvalue weighted by atomic mass is 35.5. The molecular formula is C20H23ClN2O4S. The number of thiazole rings is 1. The summed E-state index contributed by atoms with van der Waals surface area (Å²) >= 11 is 7.28. The molecule has 0 spiro atoms. The Hall–Kier alpha value is -1.96. The van der Waals surface area contributed by atoms with E-state index in [-0.39, 0.29) is 11.3 Å². The van der Waals surface area contributed by atoms with Gasteiger partial charge in [-0.2, -0.15) is 4.99 Å². The Morgan fingerprint density at radius 1 is 1.43 bits per heavy atom. The molecule has 2 heterocycles. The Morgan fingerprint density at radius 3 is 2.86 bits per heavy atom. The van der Waals surface area contributed by atoms with E-state index < -0.39 is 5.91 Å². The van der Waals surface area contributed by atoms with Gasteiger partial charge in [0.2, 0.25) is 0 Å². The van der Waals surface area contributed by atoms with Gasteiger partial charge in [-0.15, -0.1) is 0 Å². The highest BCUT2D eigenvalue weighted by Gasteiger charge is 2.21. The highest BCUT2D eigenvalue weighted by Crippen LogP contribution is 2.24. The summed E-state index contributed by atoms with van der Waals surface area (Å²) in [5, 5.41) is 0.429. The van der Waals surface area contributed by atoms with E-state index in [4.69, 9.17) is 21.1 Å². The minimum Gasteiger partial charge on any atom is -0.496 e. The maximum Gasteiger partial charge on any atom is 0.283 e. The van der Waals surface area contributed by atoms with Crippen LogP contribution in [0.3, 0.4) is 0 Å². The van der Waals surface area contributed by atoms with Crippen molar-refractivity contribution in [3.8, 4) is 5.75 Å². The molecular weight excluding hydrogens is 400 g/mol. The van der Waals surface area contributed by atoms with Crippen molar-refractivity contribution in [2.75, 3.05) is 20.3 Å². The molecule has 8 heteroatoms. The molecule has 0 aliphatic carbocycles. The summed E-state index contributed by atoms with van der Waals surface area (Å²) in [5.41, 5.74) is 1.12. The monoisotopic (exact) mass is 422 g/mol. The highest BCUT2D eigenvalue weighted by molar-refractivity contribution is 7.11. The Bertz CT molecular complexity index is 958. The molecule has 1 saturated heterocycles. The SMILES string of the molecule is COc1ccc(Cl)cc1C(=O)/N=c1\sc(C(C)=O)c(C)n1CC1CCCOC1. The topological polar surface area (TPSA) is 69.9 Å². The van der Waals surface area contributed by atoms with Gasteiger partial charge in [-0.25, -0.2) is 0 Å². The standard InChI is InChI=1S/C20H23ClN2O4S/c1-12-18(13(2)24)28-20(23(12)10-14-5-4-8-27-11-14)22-19(25)16-9-15(21)6-7-17(16)26-3/h6-7,9,14H,4-5,8,10-11H2,1-3H3/b22-20-. The number of Topliss-reactive ketones (excluding diaryl/α,β-unsaturated/α-hetero) is 1. The predicted molar refractivity (Wildman–Crippen MR) is 108 cm³/mol. The molecule has 1 aromatic carbocycles. The average molecular weight is 423 g/mol. The van der Waals surface area contributed by atoms with Crippen molar-refractivity contribution in [1.82, 2.24) is 4.57 Å². The number of hydrogen-bond donors (Lipinski definition) is 0. The average Bonchev–Trinajstić information content (AvgIpc) is 2.98. The summed E-state index contributed by atoms with van der Waals surface area (Å²) in [4.78, 5) is 30.3. The fourth-order valence-electron chi connectivity index (χ4n) is 3.32. The lowest BCUT2D eigenvalue weighted by Crippen LogP contribution is -2.27. The first-order valence-corrected chi connectivity index (χ1v) is 10.3. The van der Waals surface area contributed by atoms with Gasteiger partial charge in [-0.3, -0.25) is 9.59 Å². The molecule has 1 aliphatic heterocycles. The van der Waals surface area contributed by atoms with E-state index in [9.17, 15) is 9.59 Å². The first kappa shape index (κ1) is 20.8. The summed E-state index contributed by atoms with van der Waals surface area (Å²) in [6.45, 7) is 5.53. The van der Waals surface area contributed by atoms with Crippen LogP contribution in [0, 0.1) is 12.8 Å². The fraction of sp³-hybridized carbons (Fsp3) is 0.450. The lowest BCUT2D eigenvalue weighted by Gasteiger charge is -2.23. The van der Waals surface area contributed by atoms with Crippen molar-refractivity contribution in [2.45, 2.75) is 33.2 Å². The molecule has 3 rings (SSSR count). The summed E-state index contributed by atoms with van der Waals surface area (Å²) in [7, 11) is 1.49. The van der Waals surface area contributed by atoms with Gasteiger partial charge in [0, 0.05) is 36.7 Å². The first-order valence-electron chi connectivity index (χ1n) is 9.12.